The lowest BCUT2D eigenvalue weighted by Crippen LogP contribution is -2.46. The quantitative estimate of drug-likeness (QED) is 0.823. The van der Waals surface area contributed by atoms with Gasteiger partial charge in [0.05, 0.1) is 0 Å². The molecule has 0 aromatic rings. The van der Waals surface area contributed by atoms with Crippen molar-refractivity contribution < 1.29 is 0 Å². The molecule has 2 aliphatic heterocycles. The van der Waals surface area contributed by atoms with E-state index < -0.39 is 0 Å². The summed E-state index contributed by atoms with van der Waals surface area (Å²) in [5.74, 6) is 1.86. The van der Waals surface area contributed by atoms with Crippen molar-refractivity contribution in [2.75, 3.05) is 19.6 Å². The first-order valence-electron chi connectivity index (χ1n) is 8.53. The maximum absolute atomic E-state index is 3.71. The zero-order valence-corrected chi connectivity index (χ0v) is 13.1. The van der Waals surface area contributed by atoms with Gasteiger partial charge in [0.1, 0.15) is 0 Å². The van der Waals surface area contributed by atoms with Crippen molar-refractivity contribution >= 4 is 0 Å². The van der Waals surface area contributed by atoms with Crippen molar-refractivity contribution in [2.45, 2.75) is 71.4 Å². The molecule has 2 heterocycles. The first-order valence-corrected chi connectivity index (χ1v) is 8.53. The highest BCUT2D eigenvalue weighted by atomic mass is 15.2. The molecule has 19 heavy (non-hydrogen) atoms. The molecule has 0 amide bonds. The van der Waals surface area contributed by atoms with Crippen molar-refractivity contribution in [3.63, 3.8) is 0 Å². The Labute approximate surface area is 119 Å². The average Bonchev–Trinajstić information content (AvgIpc) is 2.97. The zero-order chi connectivity index (χ0) is 13.5. The zero-order valence-electron chi connectivity index (χ0n) is 13.1. The van der Waals surface area contributed by atoms with Crippen molar-refractivity contribution in [1.82, 2.24) is 10.2 Å². The fourth-order valence-corrected chi connectivity index (χ4v) is 5.11. The van der Waals surface area contributed by atoms with E-state index in [-0.39, 0.29) is 0 Å². The minimum absolute atomic E-state index is 0.577. The molecule has 0 spiro atoms. The lowest BCUT2D eigenvalue weighted by Gasteiger charge is -2.39. The molecule has 2 nitrogen and oxygen atoms in total. The summed E-state index contributed by atoms with van der Waals surface area (Å²) in [6, 6.07) is 1.71. The predicted molar refractivity (Wildman–Crippen MR) is 81.3 cm³/mol. The summed E-state index contributed by atoms with van der Waals surface area (Å²) in [5, 5.41) is 3.71. The smallest absolute Gasteiger partial charge is 0.0126 e. The maximum atomic E-state index is 3.71. The third-order valence-corrected chi connectivity index (χ3v) is 6.00. The highest BCUT2D eigenvalue weighted by Crippen LogP contribution is 2.44. The lowest BCUT2D eigenvalue weighted by molar-refractivity contribution is 0.0988. The Morgan fingerprint density at radius 2 is 1.79 bits per heavy atom. The van der Waals surface area contributed by atoms with Gasteiger partial charge in [-0.1, -0.05) is 20.8 Å². The Balaban J connectivity index is 1.52. The first-order chi connectivity index (χ1) is 9.05. The van der Waals surface area contributed by atoms with Gasteiger partial charge in [-0.3, -0.25) is 0 Å². The van der Waals surface area contributed by atoms with Gasteiger partial charge >= 0.3 is 0 Å². The van der Waals surface area contributed by atoms with Crippen LogP contribution in [0.5, 0.6) is 0 Å². The van der Waals surface area contributed by atoms with Crippen molar-refractivity contribution in [3.8, 4) is 0 Å². The van der Waals surface area contributed by atoms with E-state index in [0.29, 0.717) is 5.41 Å². The number of nitrogens with zero attached hydrogens (tertiary/aromatic N) is 1. The minimum Gasteiger partial charge on any atom is -0.314 e. The molecular weight excluding hydrogens is 232 g/mol. The number of piperidine rings is 1. The Morgan fingerprint density at radius 1 is 1.05 bits per heavy atom. The molecule has 1 saturated carbocycles. The van der Waals surface area contributed by atoms with Gasteiger partial charge in [-0.25, -0.2) is 0 Å². The molecule has 0 aromatic carbocycles. The van der Waals surface area contributed by atoms with Gasteiger partial charge in [0.2, 0.25) is 0 Å². The summed E-state index contributed by atoms with van der Waals surface area (Å²) in [5.41, 5.74) is 0.577. The summed E-state index contributed by atoms with van der Waals surface area (Å²) in [7, 11) is 0. The summed E-state index contributed by atoms with van der Waals surface area (Å²) >= 11 is 0. The van der Waals surface area contributed by atoms with Crippen LogP contribution in [0.4, 0.5) is 0 Å². The second-order valence-corrected chi connectivity index (χ2v) is 8.19. The van der Waals surface area contributed by atoms with Crippen LogP contribution in [0.15, 0.2) is 0 Å². The molecule has 3 atom stereocenters. The number of likely N-dealkylation sites (tertiary alicyclic amines) is 1. The molecule has 1 aliphatic carbocycles. The molecule has 0 radical (unpaired) electrons. The Bertz CT molecular complexity index is 298. The van der Waals surface area contributed by atoms with Gasteiger partial charge in [-0.05, 0) is 75.4 Å². The second-order valence-electron chi connectivity index (χ2n) is 8.19. The van der Waals surface area contributed by atoms with Crippen LogP contribution >= 0.6 is 0 Å². The van der Waals surface area contributed by atoms with Crippen LogP contribution in [0.3, 0.4) is 0 Å². The molecule has 3 rings (SSSR count). The maximum Gasteiger partial charge on any atom is 0.0126 e. The Hall–Kier alpha value is -0.0800. The molecule has 2 heteroatoms. The van der Waals surface area contributed by atoms with Crippen LogP contribution in [-0.4, -0.2) is 36.6 Å². The van der Waals surface area contributed by atoms with Crippen LogP contribution in [0, 0.1) is 17.3 Å². The average molecular weight is 264 g/mol. The fraction of sp³-hybridized carbons (Fsp3) is 1.00. The summed E-state index contributed by atoms with van der Waals surface area (Å²) in [6.07, 6.45) is 8.53. The van der Waals surface area contributed by atoms with Crippen LogP contribution in [-0.2, 0) is 0 Å². The molecular formula is C17H32N2. The van der Waals surface area contributed by atoms with Gasteiger partial charge < -0.3 is 10.2 Å². The SMILES string of the molecule is CC1CC(C)(C)CC1N1CCC(C2CCCN2)CC1. The molecule has 0 bridgehead atoms. The van der Waals surface area contributed by atoms with E-state index in [1.165, 1.54) is 58.2 Å². The van der Waals surface area contributed by atoms with E-state index in [4.69, 9.17) is 0 Å². The van der Waals surface area contributed by atoms with Crippen molar-refractivity contribution in [2.24, 2.45) is 17.3 Å². The Morgan fingerprint density at radius 3 is 2.32 bits per heavy atom. The first kappa shape index (κ1) is 13.9. The van der Waals surface area contributed by atoms with Gasteiger partial charge in [-0.15, -0.1) is 0 Å². The van der Waals surface area contributed by atoms with E-state index in [0.717, 1.165) is 23.9 Å². The number of rotatable bonds is 2. The highest BCUT2D eigenvalue weighted by molar-refractivity contribution is 4.95. The summed E-state index contributed by atoms with van der Waals surface area (Å²) in [6.45, 7) is 11.4. The molecule has 0 aromatic heterocycles. The highest BCUT2D eigenvalue weighted by Gasteiger charge is 2.41. The standard InChI is InChI=1S/C17H32N2/c1-13-11-17(2,3)12-16(13)19-9-6-14(7-10-19)15-5-4-8-18-15/h13-16,18H,4-12H2,1-3H3. The second kappa shape index (κ2) is 5.37. The van der Waals surface area contributed by atoms with E-state index in [1.807, 2.05) is 0 Å². The van der Waals surface area contributed by atoms with Gasteiger partial charge in [0.15, 0.2) is 0 Å². The molecule has 3 aliphatic rings. The lowest BCUT2D eigenvalue weighted by atomic mass is 9.87. The van der Waals surface area contributed by atoms with Gasteiger partial charge in [0.25, 0.3) is 0 Å². The third-order valence-electron chi connectivity index (χ3n) is 6.00. The monoisotopic (exact) mass is 264 g/mol. The fourth-order valence-electron chi connectivity index (χ4n) is 5.11. The van der Waals surface area contributed by atoms with Crippen LogP contribution in [0.2, 0.25) is 0 Å². The van der Waals surface area contributed by atoms with Crippen LogP contribution < -0.4 is 5.32 Å². The largest absolute Gasteiger partial charge is 0.314 e. The third kappa shape index (κ3) is 3.00. The number of hydrogen-bond acceptors (Lipinski definition) is 2. The van der Waals surface area contributed by atoms with Crippen LogP contribution in [0.25, 0.3) is 0 Å². The summed E-state index contributed by atoms with van der Waals surface area (Å²) < 4.78 is 0. The molecule has 1 N–H and O–H groups in total. The van der Waals surface area contributed by atoms with E-state index >= 15 is 0 Å². The molecule has 3 fully saturated rings. The van der Waals surface area contributed by atoms with Crippen molar-refractivity contribution in [1.29, 1.82) is 0 Å². The number of nitrogens with one attached hydrogen (secondary N) is 1. The minimum atomic E-state index is 0.577. The van der Waals surface area contributed by atoms with Crippen LogP contribution in [0.1, 0.15) is 59.3 Å². The Kier molecular flexibility index (Phi) is 3.92. The van der Waals surface area contributed by atoms with Gasteiger partial charge in [0, 0.05) is 12.1 Å². The molecule has 2 saturated heterocycles. The summed E-state index contributed by atoms with van der Waals surface area (Å²) in [4.78, 5) is 2.82. The molecule has 3 unspecified atom stereocenters. The molecule has 110 valence electrons. The van der Waals surface area contributed by atoms with E-state index in [2.05, 4.69) is 31.0 Å². The predicted octanol–water partition coefficient (Wildman–Crippen LogP) is 3.28. The normalized spacial score (nSPS) is 40.9. The van der Waals surface area contributed by atoms with E-state index in [9.17, 15) is 0 Å². The van der Waals surface area contributed by atoms with E-state index in [1.54, 1.807) is 0 Å². The van der Waals surface area contributed by atoms with Crippen molar-refractivity contribution in [3.05, 3.63) is 0 Å². The van der Waals surface area contributed by atoms with Gasteiger partial charge in [-0.2, -0.15) is 0 Å². The number of hydrogen-bond donors (Lipinski definition) is 1. The topological polar surface area (TPSA) is 15.3 Å².